The van der Waals surface area contributed by atoms with E-state index in [1.165, 1.54) is 20.5 Å². The van der Waals surface area contributed by atoms with Gasteiger partial charge in [-0.2, -0.15) is 0 Å². The van der Waals surface area contributed by atoms with E-state index in [2.05, 4.69) is 38.2 Å². The number of hydrogen-bond donors (Lipinski definition) is 1. The predicted molar refractivity (Wildman–Crippen MR) is 79.8 cm³/mol. The summed E-state index contributed by atoms with van der Waals surface area (Å²) in [5, 5.41) is 4.88. The van der Waals surface area contributed by atoms with Gasteiger partial charge in [-0.1, -0.05) is 19.1 Å². The van der Waals surface area contributed by atoms with Gasteiger partial charge in [0.25, 0.3) is 0 Å². The van der Waals surface area contributed by atoms with Crippen molar-refractivity contribution in [3.05, 3.63) is 28.6 Å². The summed E-state index contributed by atoms with van der Waals surface area (Å²) in [7, 11) is 1.74. The number of thiophene rings is 1. The molecule has 0 radical (unpaired) electrons. The number of fused-ring (bicyclic) bond motifs is 1. The Morgan fingerprint density at radius 1 is 1.39 bits per heavy atom. The molecule has 1 N–H and O–H groups in total. The lowest BCUT2D eigenvalue weighted by atomic mass is 10.1. The molecule has 1 unspecified atom stereocenters. The molecule has 3 heteroatoms. The Balaban J connectivity index is 2.43. The zero-order valence-electron chi connectivity index (χ0n) is 11.5. The molecule has 0 bridgehead atoms. The van der Waals surface area contributed by atoms with Gasteiger partial charge in [-0.15, -0.1) is 11.3 Å². The summed E-state index contributed by atoms with van der Waals surface area (Å²) in [4.78, 5) is 1.42. The molecule has 0 saturated heterocycles. The highest BCUT2D eigenvalue weighted by molar-refractivity contribution is 7.19. The lowest BCUT2D eigenvalue weighted by Crippen LogP contribution is -2.18. The number of methoxy groups -OCH3 is 1. The van der Waals surface area contributed by atoms with Crippen molar-refractivity contribution >= 4 is 21.4 Å². The number of ether oxygens (including phenoxy) is 1. The van der Waals surface area contributed by atoms with Crippen LogP contribution in [0.25, 0.3) is 10.1 Å². The van der Waals surface area contributed by atoms with Crippen LogP contribution < -0.4 is 10.1 Å². The van der Waals surface area contributed by atoms with Gasteiger partial charge in [-0.05, 0) is 43.8 Å². The monoisotopic (exact) mass is 263 g/mol. The van der Waals surface area contributed by atoms with Crippen LogP contribution in [0.4, 0.5) is 0 Å². The molecule has 1 atom stereocenters. The molecule has 0 aliphatic rings. The van der Waals surface area contributed by atoms with Gasteiger partial charge >= 0.3 is 0 Å². The second-order valence-electron chi connectivity index (χ2n) is 4.60. The zero-order chi connectivity index (χ0) is 13.1. The van der Waals surface area contributed by atoms with Gasteiger partial charge in [0.1, 0.15) is 5.75 Å². The van der Waals surface area contributed by atoms with Crippen LogP contribution in [0.15, 0.2) is 18.2 Å². The van der Waals surface area contributed by atoms with Crippen molar-refractivity contribution in [3.8, 4) is 5.75 Å². The van der Waals surface area contributed by atoms with Crippen LogP contribution in [0.5, 0.6) is 5.75 Å². The minimum Gasteiger partial charge on any atom is -0.495 e. The minimum absolute atomic E-state index is 0.409. The first kappa shape index (κ1) is 13.4. The molecule has 1 aromatic carbocycles. The summed E-state index contributed by atoms with van der Waals surface area (Å²) in [6, 6.07) is 6.69. The second-order valence-corrected chi connectivity index (χ2v) is 5.66. The third kappa shape index (κ3) is 2.38. The Labute approximate surface area is 113 Å². The van der Waals surface area contributed by atoms with Crippen molar-refractivity contribution < 1.29 is 4.74 Å². The standard InChI is InChI=1S/C15H21NOS/c1-5-9-16-11(3)14-10(2)12-7-6-8-13(17-4)15(12)18-14/h6-8,11,16H,5,9H2,1-4H3. The first-order chi connectivity index (χ1) is 8.69. The highest BCUT2D eigenvalue weighted by atomic mass is 32.1. The largest absolute Gasteiger partial charge is 0.495 e. The Morgan fingerprint density at radius 3 is 2.83 bits per heavy atom. The summed E-state index contributed by atoms with van der Waals surface area (Å²) in [6.45, 7) is 7.70. The van der Waals surface area contributed by atoms with Crippen LogP contribution in [0.2, 0.25) is 0 Å². The van der Waals surface area contributed by atoms with Gasteiger partial charge in [0.15, 0.2) is 0 Å². The van der Waals surface area contributed by atoms with Crippen molar-refractivity contribution in [1.29, 1.82) is 0 Å². The van der Waals surface area contributed by atoms with Crippen LogP contribution in [0.3, 0.4) is 0 Å². The van der Waals surface area contributed by atoms with E-state index in [0.717, 1.165) is 18.7 Å². The number of aryl methyl sites for hydroxylation is 1. The molecule has 2 rings (SSSR count). The number of benzene rings is 1. The lowest BCUT2D eigenvalue weighted by molar-refractivity contribution is 0.420. The molecule has 1 heterocycles. The van der Waals surface area contributed by atoms with Crippen LogP contribution in [0, 0.1) is 6.92 Å². The Bertz CT molecular complexity index is 533. The Kier molecular flexibility index (Phi) is 4.25. The molecular formula is C15H21NOS. The third-order valence-electron chi connectivity index (χ3n) is 3.28. The molecular weight excluding hydrogens is 242 g/mol. The topological polar surface area (TPSA) is 21.3 Å². The van der Waals surface area contributed by atoms with Crippen molar-refractivity contribution in [2.24, 2.45) is 0 Å². The quantitative estimate of drug-likeness (QED) is 0.869. The van der Waals surface area contributed by atoms with Crippen LogP contribution in [-0.4, -0.2) is 13.7 Å². The average Bonchev–Trinajstić information content (AvgIpc) is 2.73. The van der Waals surface area contributed by atoms with Gasteiger partial charge in [0.05, 0.1) is 11.8 Å². The van der Waals surface area contributed by atoms with Crippen molar-refractivity contribution in [2.75, 3.05) is 13.7 Å². The van der Waals surface area contributed by atoms with Gasteiger partial charge in [-0.3, -0.25) is 0 Å². The fourth-order valence-electron chi connectivity index (χ4n) is 2.26. The number of rotatable bonds is 5. The first-order valence-electron chi connectivity index (χ1n) is 6.48. The van der Waals surface area contributed by atoms with Crippen LogP contribution in [0.1, 0.15) is 36.8 Å². The summed E-state index contributed by atoms with van der Waals surface area (Å²) in [5.74, 6) is 0.981. The van der Waals surface area contributed by atoms with E-state index >= 15 is 0 Å². The lowest BCUT2D eigenvalue weighted by Gasteiger charge is -2.12. The van der Waals surface area contributed by atoms with Gasteiger partial charge < -0.3 is 10.1 Å². The normalized spacial score (nSPS) is 12.9. The Hall–Kier alpha value is -1.06. The van der Waals surface area contributed by atoms with E-state index in [9.17, 15) is 0 Å². The van der Waals surface area contributed by atoms with Crippen molar-refractivity contribution in [1.82, 2.24) is 5.32 Å². The molecule has 0 aliphatic heterocycles. The molecule has 0 spiro atoms. The van der Waals surface area contributed by atoms with E-state index < -0.39 is 0 Å². The maximum Gasteiger partial charge on any atom is 0.136 e. The Morgan fingerprint density at radius 2 is 2.17 bits per heavy atom. The highest BCUT2D eigenvalue weighted by Crippen LogP contribution is 2.39. The van der Waals surface area contributed by atoms with Crippen LogP contribution in [-0.2, 0) is 0 Å². The van der Waals surface area contributed by atoms with Crippen molar-refractivity contribution in [3.63, 3.8) is 0 Å². The second kappa shape index (κ2) is 5.72. The molecule has 0 aliphatic carbocycles. The fourth-order valence-corrected chi connectivity index (χ4v) is 3.59. The van der Waals surface area contributed by atoms with E-state index in [1.54, 1.807) is 7.11 Å². The molecule has 18 heavy (non-hydrogen) atoms. The highest BCUT2D eigenvalue weighted by Gasteiger charge is 2.15. The molecule has 1 aromatic heterocycles. The van der Waals surface area contributed by atoms with E-state index in [1.807, 2.05) is 17.4 Å². The molecule has 98 valence electrons. The number of hydrogen-bond acceptors (Lipinski definition) is 3. The summed E-state index contributed by atoms with van der Waals surface area (Å²) < 4.78 is 6.71. The van der Waals surface area contributed by atoms with Gasteiger partial charge in [0, 0.05) is 10.9 Å². The molecule has 0 fully saturated rings. The third-order valence-corrected chi connectivity index (χ3v) is 4.78. The van der Waals surface area contributed by atoms with E-state index in [-0.39, 0.29) is 0 Å². The molecule has 2 nitrogen and oxygen atoms in total. The van der Waals surface area contributed by atoms with Crippen molar-refractivity contribution in [2.45, 2.75) is 33.2 Å². The van der Waals surface area contributed by atoms with E-state index in [0.29, 0.717) is 6.04 Å². The smallest absolute Gasteiger partial charge is 0.136 e. The SMILES string of the molecule is CCCNC(C)c1sc2c(OC)cccc2c1C. The summed E-state index contributed by atoms with van der Waals surface area (Å²) in [5.41, 5.74) is 1.38. The number of nitrogens with one attached hydrogen (secondary N) is 1. The van der Waals surface area contributed by atoms with Crippen LogP contribution >= 0.6 is 11.3 Å². The maximum atomic E-state index is 5.45. The molecule has 2 aromatic rings. The predicted octanol–water partition coefficient (Wildman–Crippen LogP) is 4.28. The van der Waals surface area contributed by atoms with Gasteiger partial charge in [0.2, 0.25) is 0 Å². The maximum absolute atomic E-state index is 5.45. The zero-order valence-corrected chi connectivity index (χ0v) is 12.4. The summed E-state index contributed by atoms with van der Waals surface area (Å²) in [6.07, 6.45) is 1.16. The summed E-state index contributed by atoms with van der Waals surface area (Å²) >= 11 is 1.85. The average molecular weight is 263 g/mol. The molecule has 0 saturated carbocycles. The first-order valence-corrected chi connectivity index (χ1v) is 7.30. The van der Waals surface area contributed by atoms with E-state index in [4.69, 9.17) is 4.74 Å². The van der Waals surface area contributed by atoms with Gasteiger partial charge in [-0.25, -0.2) is 0 Å². The fraction of sp³-hybridized carbons (Fsp3) is 0.467. The molecule has 0 amide bonds. The minimum atomic E-state index is 0.409.